The van der Waals surface area contributed by atoms with Gasteiger partial charge < -0.3 is 49.7 Å². The number of hydrogen-bond acceptors (Lipinski definition) is 12. The summed E-state index contributed by atoms with van der Waals surface area (Å²) in [5.74, 6) is -2.76. The highest BCUT2D eigenvalue weighted by molar-refractivity contribution is 5.86. The second-order valence-electron chi connectivity index (χ2n) is 9.01. The van der Waals surface area contributed by atoms with Gasteiger partial charge in [0.15, 0.2) is 34.2 Å². The maximum absolute atomic E-state index is 12.1. The van der Waals surface area contributed by atoms with Gasteiger partial charge in [0.1, 0.15) is 39.6 Å². The Morgan fingerprint density at radius 2 is 1.14 bits per heavy atom. The van der Waals surface area contributed by atoms with Crippen molar-refractivity contribution >= 4 is 21.9 Å². The third-order valence-electron chi connectivity index (χ3n) is 6.14. The number of rotatable bonds is 2. The Morgan fingerprint density at radius 3 is 1.81 bits per heavy atom. The van der Waals surface area contributed by atoms with E-state index in [0.717, 1.165) is 12.1 Å². The molecule has 0 amide bonds. The minimum Gasteiger partial charge on any atom is -0.508 e. The molecular formula is C30H20O12. The summed E-state index contributed by atoms with van der Waals surface area (Å²) in [6.45, 7) is 0. The largest absolute Gasteiger partial charge is 0.508 e. The average molecular weight is 572 g/mol. The molecule has 0 spiro atoms. The van der Waals surface area contributed by atoms with Crippen LogP contribution in [0, 0.1) is 0 Å². The third kappa shape index (κ3) is 5.02. The van der Waals surface area contributed by atoms with E-state index in [2.05, 4.69) is 0 Å². The average Bonchev–Trinajstić information content (AvgIpc) is 2.94. The number of phenolic OH excluding ortho intramolecular Hbond substituents is 7. The molecule has 0 bridgehead atoms. The van der Waals surface area contributed by atoms with Crippen molar-refractivity contribution < 1.29 is 49.7 Å². The van der Waals surface area contributed by atoms with Gasteiger partial charge in [0.05, 0.1) is 5.39 Å². The van der Waals surface area contributed by atoms with Crippen molar-refractivity contribution in [2.75, 3.05) is 0 Å². The highest BCUT2D eigenvalue weighted by Crippen LogP contribution is 2.36. The van der Waals surface area contributed by atoms with E-state index in [0.29, 0.717) is 5.56 Å². The Bertz CT molecular complexity index is 2130. The van der Waals surface area contributed by atoms with E-state index in [1.807, 2.05) is 0 Å². The van der Waals surface area contributed by atoms with Gasteiger partial charge in [-0.3, -0.25) is 9.59 Å². The molecule has 12 nitrogen and oxygen atoms in total. The zero-order chi connectivity index (χ0) is 30.3. The summed E-state index contributed by atoms with van der Waals surface area (Å²) in [5.41, 5.74) is -0.395. The Morgan fingerprint density at radius 1 is 0.500 bits per heavy atom. The fourth-order valence-electron chi connectivity index (χ4n) is 4.11. The Balaban J connectivity index is 0.000000168. The molecule has 0 aliphatic carbocycles. The molecule has 42 heavy (non-hydrogen) atoms. The molecule has 6 rings (SSSR count). The number of phenols is 7. The number of hydrogen-bond donors (Lipinski definition) is 8. The van der Waals surface area contributed by atoms with Crippen LogP contribution in [0.1, 0.15) is 0 Å². The summed E-state index contributed by atoms with van der Waals surface area (Å²) in [6.07, 6.45) is 0. The van der Waals surface area contributed by atoms with Crippen LogP contribution < -0.4 is 10.9 Å². The molecule has 0 radical (unpaired) electrons. The lowest BCUT2D eigenvalue weighted by molar-refractivity contribution is 0.403. The Labute approximate surface area is 233 Å². The topological polar surface area (TPSA) is 222 Å². The second-order valence-corrected chi connectivity index (χ2v) is 9.01. The van der Waals surface area contributed by atoms with Crippen molar-refractivity contribution in [3.63, 3.8) is 0 Å². The van der Waals surface area contributed by atoms with Crippen LogP contribution in [0.25, 0.3) is 44.6 Å². The van der Waals surface area contributed by atoms with E-state index in [1.54, 1.807) is 0 Å². The van der Waals surface area contributed by atoms with E-state index in [4.69, 9.17) is 8.83 Å². The summed E-state index contributed by atoms with van der Waals surface area (Å²) in [4.78, 5) is 24.1. The van der Waals surface area contributed by atoms with Gasteiger partial charge in [-0.1, -0.05) is 0 Å². The van der Waals surface area contributed by atoms with Gasteiger partial charge in [0.25, 0.3) is 0 Å². The molecule has 12 heteroatoms. The highest BCUT2D eigenvalue weighted by atomic mass is 16.4. The molecule has 0 fully saturated rings. The van der Waals surface area contributed by atoms with Gasteiger partial charge in [-0.2, -0.15) is 0 Å². The van der Waals surface area contributed by atoms with Crippen molar-refractivity contribution in [2.24, 2.45) is 0 Å². The smallest absolute Gasteiger partial charge is 0.235 e. The number of benzene rings is 4. The summed E-state index contributed by atoms with van der Waals surface area (Å²) in [5, 5.41) is 76.0. The SMILES string of the molecule is O=c1c(O)c(-c2ccc(O)c(O)c2)oc2ccc(O)cc12.O=c1cc(-c2ccc(O)c(O)c2)oc2cc(O)cc(O)c12. The summed E-state index contributed by atoms with van der Waals surface area (Å²) < 4.78 is 10.9. The first kappa shape index (κ1) is 27.3. The minimum atomic E-state index is -0.699. The lowest BCUT2D eigenvalue weighted by atomic mass is 10.1. The summed E-state index contributed by atoms with van der Waals surface area (Å²) in [7, 11) is 0. The van der Waals surface area contributed by atoms with Gasteiger partial charge in [-0.15, -0.1) is 0 Å². The minimum absolute atomic E-state index is 0.0163. The van der Waals surface area contributed by atoms with Crippen LogP contribution in [0.5, 0.6) is 46.0 Å². The lowest BCUT2D eigenvalue weighted by Crippen LogP contribution is -2.02. The molecule has 0 saturated heterocycles. The third-order valence-corrected chi connectivity index (χ3v) is 6.14. The molecule has 0 aliphatic rings. The first-order chi connectivity index (χ1) is 19.9. The van der Waals surface area contributed by atoms with Crippen LogP contribution >= 0.6 is 0 Å². The molecule has 0 saturated carbocycles. The van der Waals surface area contributed by atoms with Gasteiger partial charge in [0.2, 0.25) is 11.2 Å². The van der Waals surface area contributed by atoms with Crippen LogP contribution in [-0.2, 0) is 0 Å². The first-order valence-electron chi connectivity index (χ1n) is 12.0. The highest BCUT2D eigenvalue weighted by Gasteiger charge is 2.17. The molecule has 0 aliphatic heterocycles. The maximum Gasteiger partial charge on any atom is 0.235 e. The molecule has 2 aromatic heterocycles. The number of fused-ring (bicyclic) bond motifs is 2. The lowest BCUT2D eigenvalue weighted by Gasteiger charge is -2.07. The van der Waals surface area contributed by atoms with E-state index in [-0.39, 0.29) is 73.5 Å². The fourth-order valence-corrected chi connectivity index (χ4v) is 4.11. The Hall–Kier alpha value is -6.30. The van der Waals surface area contributed by atoms with Crippen LogP contribution in [0.15, 0.2) is 91.2 Å². The van der Waals surface area contributed by atoms with E-state index < -0.39 is 22.4 Å². The summed E-state index contributed by atoms with van der Waals surface area (Å²) in [6, 6.07) is 15.1. The molecule has 0 unspecified atom stereocenters. The van der Waals surface area contributed by atoms with Crippen molar-refractivity contribution in [1.29, 1.82) is 0 Å². The predicted octanol–water partition coefficient (Wildman–Crippen LogP) is 4.56. The van der Waals surface area contributed by atoms with E-state index in [9.17, 15) is 50.4 Å². The van der Waals surface area contributed by atoms with Crippen molar-refractivity contribution in [3.05, 3.63) is 93.2 Å². The molecule has 6 aromatic rings. The van der Waals surface area contributed by atoms with Crippen LogP contribution in [0.4, 0.5) is 0 Å². The van der Waals surface area contributed by atoms with Gasteiger partial charge >= 0.3 is 0 Å². The zero-order valence-corrected chi connectivity index (χ0v) is 21.1. The molecule has 0 atom stereocenters. The molecular weight excluding hydrogens is 552 g/mol. The first-order valence-corrected chi connectivity index (χ1v) is 12.0. The van der Waals surface area contributed by atoms with Gasteiger partial charge in [-0.25, -0.2) is 0 Å². The number of aromatic hydroxyl groups is 8. The van der Waals surface area contributed by atoms with Crippen LogP contribution in [0.2, 0.25) is 0 Å². The van der Waals surface area contributed by atoms with Crippen LogP contribution in [0.3, 0.4) is 0 Å². The molecule has 8 N–H and O–H groups in total. The maximum atomic E-state index is 12.1. The van der Waals surface area contributed by atoms with E-state index >= 15 is 0 Å². The van der Waals surface area contributed by atoms with Gasteiger partial charge in [0, 0.05) is 29.3 Å². The quantitative estimate of drug-likeness (QED) is 0.134. The van der Waals surface area contributed by atoms with Crippen molar-refractivity contribution in [1.82, 2.24) is 0 Å². The molecule has 2 heterocycles. The van der Waals surface area contributed by atoms with Crippen molar-refractivity contribution in [2.45, 2.75) is 0 Å². The molecule has 212 valence electrons. The van der Waals surface area contributed by atoms with Crippen molar-refractivity contribution in [3.8, 4) is 68.6 Å². The normalized spacial score (nSPS) is 10.9. The van der Waals surface area contributed by atoms with E-state index in [1.165, 1.54) is 60.7 Å². The monoisotopic (exact) mass is 572 g/mol. The zero-order valence-electron chi connectivity index (χ0n) is 21.1. The second kappa shape index (κ2) is 10.4. The molecule has 4 aromatic carbocycles. The predicted molar refractivity (Wildman–Crippen MR) is 149 cm³/mol. The summed E-state index contributed by atoms with van der Waals surface area (Å²) >= 11 is 0. The Kier molecular flexibility index (Phi) is 6.72. The van der Waals surface area contributed by atoms with Crippen LogP contribution in [-0.4, -0.2) is 40.9 Å². The fraction of sp³-hybridized carbons (Fsp3) is 0. The standard InChI is InChI=1S/2C15H10O6/c16-8-2-4-12-9(6-8)13(19)14(20)15(21-12)7-1-3-10(17)11(18)5-7;16-8-4-11(19)15-12(20)6-13(21-14(15)5-8)7-1-2-9(17)10(18)3-7/h1-6,16-18,20H;1-6,16-19H. The van der Waals surface area contributed by atoms with Gasteiger partial charge in [-0.05, 0) is 54.6 Å².